The number of hydrogen-bond acceptors (Lipinski definition) is 3. The number of nitrogens with zero attached hydrogens (tertiary/aromatic N) is 3. The number of anilines is 1. The van der Waals surface area contributed by atoms with Crippen molar-refractivity contribution in [1.82, 2.24) is 14.5 Å². The van der Waals surface area contributed by atoms with Gasteiger partial charge in [0.25, 0.3) is 0 Å². The standard InChI is InChI=1S/C18H15ClN4/c19-10-12-6-7-15-16(9-12)23(18(20)22-15)11-14-4-1-3-13-5-2-8-21-17(13)14/h1-9H,10-11H2,(H2,20,22). The lowest BCUT2D eigenvalue weighted by Gasteiger charge is -2.09. The lowest BCUT2D eigenvalue weighted by Crippen LogP contribution is -2.05. The minimum atomic E-state index is 0.469. The maximum Gasteiger partial charge on any atom is 0.201 e. The van der Waals surface area contributed by atoms with Gasteiger partial charge in [0.15, 0.2) is 0 Å². The van der Waals surface area contributed by atoms with Gasteiger partial charge in [-0.05, 0) is 29.3 Å². The second-order valence-electron chi connectivity index (χ2n) is 5.51. The maximum atomic E-state index is 6.14. The Morgan fingerprint density at radius 3 is 2.83 bits per heavy atom. The molecule has 0 bridgehead atoms. The number of benzene rings is 2. The van der Waals surface area contributed by atoms with Crippen LogP contribution in [0.2, 0.25) is 0 Å². The Labute approximate surface area is 138 Å². The van der Waals surface area contributed by atoms with Crippen LogP contribution in [0.5, 0.6) is 0 Å². The number of hydrogen-bond donors (Lipinski definition) is 1. The fourth-order valence-electron chi connectivity index (χ4n) is 2.90. The molecule has 2 aromatic heterocycles. The molecule has 2 heterocycles. The lowest BCUT2D eigenvalue weighted by atomic mass is 10.1. The van der Waals surface area contributed by atoms with Crippen LogP contribution >= 0.6 is 11.6 Å². The van der Waals surface area contributed by atoms with Crippen LogP contribution in [0.4, 0.5) is 5.95 Å². The minimum absolute atomic E-state index is 0.469. The number of fused-ring (bicyclic) bond motifs is 2. The number of rotatable bonds is 3. The average molecular weight is 323 g/mol. The van der Waals surface area contributed by atoms with E-state index in [1.807, 2.05) is 41.1 Å². The van der Waals surface area contributed by atoms with Crippen LogP contribution in [-0.4, -0.2) is 14.5 Å². The third-order valence-electron chi connectivity index (χ3n) is 4.04. The first kappa shape index (κ1) is 14.0. The van der Waals surface area contributed by atoms with E-state index in [1.165, 1.54) is 0 Å². The van der Waals surface area contributed by atoms with E-state index in [1.54, 1.807) is 0 Å². The molecule has 4 rings (SSSR count). The Balaban J connectivity index is 1.87. The van der Waals surface area contributed by atoms with E-state index < -0.39 is 0 Å². The number of imidazole rings is 1. The van der Waals surface area contributed by atoms with Crippen LogP contribution in [-0.2, 0) is 12.4 Å². The molecular formula is C18H15ClN4. The van der Waals surface area contributed by atoms with E-state index >= 15 is 0 Å². The molecule has 0 saturated carbocycles. The maximum absolute atomic E-state index is 6.14. The molecule has 0 aliphatic heterocycles. The van der Waals surface area contributed by atoms with Gasteiger partial charge in [0.05, 0.1) is 23.1 Å². The van der Waals surface area contributed by atoms with Crippen molar-refractivity contribution in [2.24, 2.45) is 0 Å². The molecule has 0 saturated heterocycles. The molecule has 0 spiro atoms. The molecule has 2 aromatic carbocycles. The average Bonchev–Trinajstić information content (AvgIpc) is 2.90. The van der Waals surface area contributed by atoms with Crippen LogP contribution in [0.1, 0.15) is 11.1 Å². The van der Waals surface area contributed by atoms with Crippen molar-refractivity contribution in [3.8, 4) is 0 Å². The number of halogens is 1. The summed E-state index contributed by atoms with van der Waals surface area (Å²) in [5.74, 6) is 0.969. The molecule has 2 N–H and O–H groups in total. The highest BCUT2D eigenvalue weighted by molar-refractivity contribution is 6.17. The predicted molar refractivity (Wildman–Crippen MR) is 94.5 cm³/mol. The van der Waals surface area contributed by atoms with Crippen molar-refractivity contribution in [1.29, 1.82) is 0 Å². The summed E-state index contributed by atoms with van der Waals surface area (Å²) in [6.07, 6.45) is 1.81. The van der Waals surface area contributed by atoms with Crippen LogP contribution in [0, 0.1) is 0 Å². The Kier molecular flexibility index (Phi) is 3.39. The molecule has 0 amide bonds. The highest BCUT2D eigenvalue weighted by Gasteiger charge is 2.11. The fraction of sp³-hybridized carbons (Fsp3) is 0.111. The van der Waals surface area contributed by atoms with Crippen molar-refractivity contribution in [3.05, 3.63) is 65.9 Å². The summed E-state index contributed by atoms with van der Waals surface area (Å²) in [5, 5.41) is 1.12. The molecule has 0 aliphatic rings. The first-order valence-electron chi connectivity index (χ1n) is 7.39. The van der Waals surface area contributed by atoms with Gasteiger partial charge in [0, 0.05) is 17.5 Å². The SMILES string of the molecule is Nc1nc2ccc(CCl)cc2n1Cc1cccc2cccnc12. The van der Waals surface area contributed by atoms with E-state index in [2.05, 4.69) is 28.2 Å². The van der Waals surface area contributed by atoms with E-state index in [9.17, 15) is 0 Å². The van der Waals surface area contributed by atoms with Gasteiger partial charge in [-0.2, -0.15) is 0 Å². The summed E-state index contributed by atoms with van der Waals surface area (Å²) in [6.45, 7) is 0.627. The summed E-state index contributed by atoms with van der Waals surface area (Å²) in [6, 6.07) is 16.2. The third kappa shape index (κ3) is 2.41. The van der Waals surface area contributed by atoms with Gasteiger partial charge in [-0.1, -0.05) is 30.3 Å². The van der Waals surface area contributed by atoms with Gasteiger partial charge < -0.3 is 10.3 Å². The van der Waals surface area contributed by atoms with Gasteiger partial charge in [-0.25, -0.2) is 4.98 Å². The van der Waals surface area contributed by atoms with Gasteiger partial charge in [-0.15, -0.1) is 11.6 Å². The van der Waals surface area contributed by atoms with Crippen molar-refractivity contribution >= 4 is 39.5 Å². The number of aromatic nitrogens is 3. The molecule has 4 nitrogen and oxygen atoms in total. The summed E-state index contributed by atoms with van der Waals surface area (Å²) in [7, 11) is 0. The summed E-state index contributed by atoms with van der Waals surface area (Å²) in [5.41, 5.74) is 11.2. The van der Waals surface area contributed by atoms with Crippen molar-refractivity contribution < 1.29 is 0 Å². The molecule has 114 valence electrons. The number of nitrogen functional groups attached to an aromatic ring is 1. The van der Waals surface area contributed by atoms with Crippen LogP contribution in [0.15, 0.2) is 54.7 Å². The van der Waals surface area contributed by atoms with Gasteiger partial charge in [-0.3, -0.25) is 4.98 Å². The Morgan fingerprint density at radius 2 is 1.96 bits per heavy atom. The van der Waals surface area contributed by atoms with Crippen LogP contribution in [0.25, 0.3) is 21.9 Å². The van der Waals surface area contributed by atoms with E-state index in [4.69, 9.17) is 17.3 Å². The van der Waals surface area contributed by atoms with Gasteiger partial charge >= 0.3 is 0 Å². The lowest BCUT2D eigenvalue weighted by molar-refractivity contribution is 0.842. The van der Waals surface area contributed by atoms with Crippen LogP contribution in [0.3, 0.4) is 0 Å². The zero-order chi connectivity index (χ0) is 15.8. The van der Waals surface area contributed by atoms with Crippen molar-refractivity contribution in [2.75, 3.05) is 5.73 Å². The zero-order valence-corrected chi connectivity index (χ0v) is 13.2. The van der Waals surface area contributed by atoms with Crippen molar-refractivity contribution in [3.63, 3.8) is 0 Å². The molecule has 0 aliphatic carbocycles. The number of alkyl halides is 1. The largest absolute Gasteiger partial charge is 0.369 e. The normalized spacial score (nSPS) is 11.3. The summed E-state index contributed by atoms with van der Waals surface area (Å²) >= 11 is 5.95. The Morgan fingerprint density at radius 1 is 1.09 bits per heavy atom. The fourth-order valence-corrected chi connectivity index (χ4v) is 3.07. The molecule has 0 unspecified atom stereocenters. The molecule has 0 radical (unpaired) electrons. The highest BCUT2D eigenvalue weighted by atomic mass is 35.5. The number of para-hydroxylation sites is 1. The van der Waals surface area contributed by atoms with Crippen LogP contribution < -0.4 is 5.73 Å². The first-order valence-corrected chi connectivity index (χ1v) is 7.93. The third-order valence-corrected chi connectivity index (χ3v) is 4.35. The molecular weight excluding hydrogens is 308 g/mol. The summed E-state index contributed by atoms with van der Waals surface area (Å²) in [4.78, 5) is 8.95. The Hall–Kier alpha value is -2.59. The predicted octanol–water partition coefficient (Wildman–Crippen LogP) is 3.95. The van der Waals surface area contributed by atoms with E-state index in [0.29, 0.717) is 18.4 Å². The topological polar surface area (TPSA) is 56.7 Å². The monoisotopic (exact) mass is 322 g/mol. The van der Waals surface area contributed by atoms with Gasteiger partial charge in [0.1, 0.15) is 0 Å². The second kappa shape index (κ2) is 5.56. The molecule has 23 heavy (non-hydrogen) atoms. The molecule has 5 heteroatoms. The summed E-state index contributed by atoms with van der Waals surface area (Å²) < 4.78 is 2.01. The second-order valence-corrected chi connectivity index (χ2v) is 5.77. The molecule has 0 fully saturated rings. The van der Waals surface area contributed by atoms with Gasteiger partial charge in [0.2, 0.25) is 5.95 Å². The van der Waals surface area contributed by atoms with E-state index in [-0.39, 0.29) is 0 Å². The zero-order valence-electron chi connectivity index (χ0n) is 12.4. The smallest absolute Gasteiger partial charge is 0.201 e. The molecule has 0 atom stereocenters. The van der Waals surface area contributed by atoms with E-state index in [0.717, 1.165) is 33.1 Å². The molecule has 4 aromatic rings. The van der Waals surface area contributed by atoms with Crippen molar-refractivity contribution in [2.45, 2.75) is 12.4 Å². The highest BCUT2D eigenvalue weighted by Crippen LogP contribution is 2.24. The first-order chi connectivity index (χ1) is 11.3. The Bertz CT molecular complexity index is 1000. The number of nitrogens with two attached hydrogens (primary N) is 1. The number of pyridine rings is 1. The minimum Gasteiger partial charge on any atom is -0.369 e. The quantitative estimate of drug-likeness (QED) is 0.581.